The molecule has 4 N–H and O–H groups in total. The Morgan fingerprint density at radius 2 is 1.62 bits per heavy atom. The predicted molar refractivity (Wildman–Crippen MR) is 98.1 cm³/mol. The molecule has 1 aromatic rings. The Hall–Kier alpha value is -1.59. The third-order valence-corrected chi connectivity index (χ3v) is 4.38. The number of nitrogens with one attached hydrogen (secondary N) is 2. The van der Waals surface area contributed by atoms with E-state index in [1.54, 1.807) is 12.1 Å². The fraction of sp³-hybridized carbons (Fsp3) is 0.556. The van der Waals surface area contributed by atoms with Gasteiger partial charge >= 0.3 is 0 Å². The van der Waals surface area contributed by atoms with Crippen molar-refractivity contribution in [1.29, 1.82) is 0 Å². The highest BCUT2D eigenvalue weighted by atomic mass is 35.5. The van der Waals surface area contributed by atoms with Gasteiger partial charge in [0.25, 0.3) is 5.91 Å². The lowest BCUT2D eigenvalue weighted by atomic mass is 9.87. The van der Waals surface area contributed by atoms with Crippen LogP contribution in [0, 0.1) is 5.92 Å². The van der Waals surface area contributed by atoms with Crippen LogP contribution >= 0.6 is 12.4 Å². The van der Waals surface area contributed by atoms with Crippen LogP contribution in [0.15, 0.2) is 24.3 Å². The Labute approximate surface area is 150 Å². The van der Waals surface area contributed by atoms with E-state index in [-0.39, 0.29) is 24.2 Å². The van der Waals surface area contributed by atoms with Crippen molar-refractivity contribution in [3.8, 4) is 0 Å². The lowest BCUT2D eigenvalue weighted by molar-refractivity contribution is -0.122. The van der Waals surface area contributed by atoms with Crippen LogP contribution in [0.3, 0.4) is 0 Å². The molecule has 1 aliphatic carbocycles. The lowest BCUT2D eigenvalue weighted by Crippen LogP contribution is -2.35. The van der Waals surface area contributed by atoms with Gasteiger partial charge in [0.15, 0.2) is 0 Å². The number of benzene rings is 1. The molecule has 1 aromatic carbocycles. The SMILES string of the molecule is Cl.NCc1ccc(C(=O)NCCNC(=O)CC2CCCCC2)cc1. The van der Waals surface area contributed by atoms with Crippen LogP contribution in [0.1, 0.15) is 54.4 Å². The quantitative estimate of drug-likeness (QED) is 0.658. The van der Waals surface area contributed by atoms with Crippen LogP contribution in [0.2, 0.25) is 0 Å². The molecule has 6 heteroatoms. The smallest absolute Gasteiger partial charge is 0.251 e. The van der Waals surface area contributed by atoms with Gasteiger partial charge in [0, 0.05) is 31.6 Å². The van der Waals surface area contributed by atoms with Crippen molar-refractivity contribution in [2.75, 3.05) is 13.1 Å². The van der Waals surface area contributed by atoms with E-state index < -0.39 is 0 Å². The number of hydrogen-bond donors (Lipinski definition) is 3. The number of hydrogen-bond acceptors (Lipinski definition) is 3. The summed E-state index contributed by atoms with van der Waals surface area (Å²) in [5.41, 5.74) is 7.13. The van der Waals surface area contributed by atoms with Gasteiger partial charge in [-0.1, -0.05) is 31.4 Å². The average molecular weight is 354 g/mol. The Morgan fingerprint density at radius 1 is 1.00 bits per heavy atom. The molecule has 0 saturated heterocycles. The first-order valence-corrected chi connectivity index (χ1v) is 8.53. The molecule has 0 atom stereocenters. The molecule has 5 nitrogen and oxygen atoms in total. The summed E-state index contributed by atoms with van der Waals surface area (Å²) in [6.45, 7) is 1.38. The molecule has 1 fully saturated rings. The van der Waals surface area contributed by atoms with Gasteiger partial charge in [-0.2, -0.15) is 0 Å². The van der Waals surface area contributed by atoms with Gasteiger partial charge in [0.05, 0.1) is 0 Å². The first kappa shape index (κ1) is 20.5. The van der Waals surface area contributed by atoms with Crippen molar-refractivity contribution < 1.29 is 9.59 Å². The van der Waals surface area contributed by atoms with Crippen LogP contribution in [0.25, 0.3) is 0 Å². The summed E-state index contributed by atoms with van der Waals surface area (Å²) in [6, 6.07) is 7.22. The third kappa shape index (κ3) is 6.89. The molecular weight excluding hydrogens is 326 g/mol. The van der Waals surface area contributed by atoms with Crippen molar-refractivity contribution in [3.63, 3.8) is 0 Å². The summed E-state index contributed by atoms with van der Waals surface area (Å²) in [5, 5.41) is 5.70. The summed E-state index contributed by atoms with van der Waals surface area (Å²) in [6.07, 6.45) is 6.75. The highest BCUT2D eigenvalue weighted by Crippen LogP contribution is 2.25. The van der Waals surface area contributed by atoms with E-state index in [0.717, 1.165) is 5.56 Å². The summed E-state index contributed by atoms with van der Waals surface area (Å²) in [7, 11) is 0. The van der Waals surface area contributed by atoms with E-state index in [4.69, 9.17) is 5.73 Å². The number of rotatable bonds is 7. The standard InChI is InChI=1S/C18H27N3O2.ClH/c19-13-15-6-8-16(9-7-15)18(23)21-11-10-20-17(22)12-14-4-2-1-3-5-14;/h6-9,14H,1-5,10-13,19H2,(H,20,22)(H,21,23);1H. The highest BCUT2D eigenvalue weighted by Gasteiger charge is 2.16. The number of halogens is 1. The summed E-state index contributed by atoms with van der Waals surface area (Å²) in [5.74, 6) is 0.507. The highest BCUT2D eigenvalue weighted by molar-refractivity contribution is 5.94. The molecule has 0 spiro atoms. The van der Waals surface area contributed by atoms with Crippen molar-refractivity contribution in [1.82, 2.24) is 10.6 Å². The van der Waals surface area contributed by atoms with E-state index in [0.29, 0.717) is 37.5 Å². The van der Waals surface area contributed by atoms with E-state index in [1.165, 1.54) is 32.1 Å². The van der Waals surface area contributed by atoms with E-state index in [2.05, 4.69) is 10.6 Å². The van der Waals surface area contributed by atoms with Crippen LogP contribution in [0.4, 0.5) is 0 Å². The second kappa shape index (κ2) is 11.0. The predicted octanol–water partition coefficient (Wildman–Crippen LogP) is 2.38. The van der Waals surface area contributed by atoms with Gasteiger partial charge < -0.3 is 16.4 Å². The Bertz CT molecular complexity index is 514. The second-order valence-electron chi connectivity index (χ2n) is 6.22. The van der Waals surface area contributed by atoms with Gasteiger partial charge in [-0.25, -0.2) is 0 Å². The van der Waals surface area contributed by atoms with Gasteiger partial charge in [0.2, 0.25) is 5.91 Å². The average Bonchev–Trinajstić information content (AvgIpc) is 2.59. The van der Waals surface area contributed by atoms with Crippen LogP contribution in [-0.4, -0.2) is 24.9 Å². The van der Waals surface area contributed by atoms with Gasteiger partial charge in [-0.05, 0) is 36.5 Å². The Kier molecular flexibility index (Phi) is 9.42. The molecule has 2 rings (SSSR count). The van der Waals surface area contributed by atoms with Crippen molar-refractivity contribution in [3.05, 3.63) is 35.4 Å². The maximum absolute atomic E-state index is 12.0. The minimum Gasteiger partial charge on any atom is -0.354 e. The van der Waals surface area contributed by atoms with Crippen molar-refractivity contribution >= 4 is 24.2 Å². The fourth-order valence-corrected chi connectivity index (χ4v) is 3.00. The molecule has 0 unspecified atom stereocenters. The lowest BCUT2D eigenvalue weighted by Gasteiger charge is -2.20. The topological polar surface area (TPSA) is 84.2 Å². The van der Waals surface area contributed by atoms with Crippen molar-refractivity contribution in [2.24, 2.45) is 11.7 Å². The summed E-state index contributed by atoms with van der Waals surface area (Å²) in [4.78, 5) is 23.8. The number of nitrogens with two attached hydrogens (primary N) is 1. The molecule has 0 radical (unpaired) electrons. The number of carbonyl (C=O) groups excluding carboxylic acids is 2. The van der Waals surface area contributed by atoms with Crippen LogP contribution in [-0.2, 0) is 11.3 Å². The van der Waals surface area contributed by atoms with Crippen molar-refractivity contribution in [2.45, 2.75) is 45.1 Å². The maximum Gasteiger partial charge on any atom is 0.251 e. The molecule has 1 saturated carbocycles. The molecule has 24 heavy (non-hydrogen) atoms. The summed E-state index contributed by atoms with van der Waals surface area (Å²) >= 11 is 0. The molecule has 0 bridgehead atoms. The molecular formula is C18H28ClN3O2. The molecule has 1 aliphatic rings. The fourth-order valence-electron chi connectivity index (χ4n) is 3.00. The largest absolute Gasteiger partial charge is 0.354 e. The Morgan fingerprint density at radius 3 is 2.25 bits per heavy atom. The third-order valence-electron chi connectivity index (χ3n) is 4.38. The maximum atomic E-state index is 12.0. The van der Waals surface area contributed by atoms with E-state index in [9.17, 15) is 9.59 Å². The van der Waals surface area contributed by atoms with E-state index in [1.807, 2.05) is 12.1 Å². The second-order valence-corrected chi connectivity index (χ2v) is 6.22. The zero-order valence-corrected chi connectivity index (χ0v) is 14.9. The molecule has 2 amide bonds. The minimum atomic E-state index is -0.130. The Balaban J connectivity index is 0.00000288. The molecule has 0 aliphatic heterocycles. The monoisotopic (exact) mass is 353 g/mol. The van der Waals surface area contributed by atoms with Gasteiger partial charge in [-0.3, -0.25) is 9.59 Å². The zero-order valence-electron chi connectivity index (χ0n) is 14.1. The molecule has 0 heterocycles. The van der Waals surface area contributed by atoms with E-state index >= 15 is 0 Å². The van der Waals surface area contributed by atoms with Crippen LogP contribution < -0.4 is 16.4 Å². The minimum absolute atomic E-state index is 0. The number of amides is 2. The molecule has 0 aromatic heterocycles. The summed E-state index contributed by atoms with van der Waals surface area (Å²) < 4.78 is 0. The first-order chi connectivity index (χ1) is 11.2. The van der Waals surface area contributed by atoms with Crippen LogP contribution in [0.5, 0.6) is 0 Å². The zero-order chi connectivity index (χ0) is 16.5. The number of carbonyl (C=O) groups is 2. The normalized spacial score (nSPS) is 14.5. The first-order valence-electron chi connectivity index (χ1n) is 8.53. The van der Waals surface area contributed by atoms with Gasteiger partial charge in [0.1, 0.15) is 0 Å². The molecule has 134 valence electrons. The van der Waals surface area contributed by atoms with Gasteiger partial charge in [-0.15, -0.1) is 12.4 Å².